The van der Waals surface area contributed by atoms with Crippen molar-refractivity contribution in [2.24, 2.45) is 0 Å². The second-order valence-corrected chi connectivity index (χ2v) is 11.0. The van der Waals surface area contributed by atoms with E-state index in [0.717, 1.165) is 28.7 Å². The summed E-state index contributed by atoms with van der Waals surface area (Å²) >= 11 is 0. The van der Waals surface area contributed by atoms with E-state index in [2.05, 4.69) is 73.8 Å². The van der Waals surface area contributed by atoms with Crippen LogP contribution in [0.25, 0.3) is 21.9 Å². The minimum atomic E-state index is -0.640. The Morgan fingerprint density at radius 3 is 2.45 bits per heavy atom. The van der Waals surface area contributed by atoms with Crippen molar-refractivity contribution in [1.82, 2.24) is 5.32 Å². The fraction of sp³-hybridized carbons (Fsp3) is 0.343. The van der Waals surface area contributed by atoms with Gasteiger partial charge in [0, 0.05) is 12.1 Å². The first kappa shape index (κ1) is 29.5. The number of esters is 1. The largest absolute Gasteiger partial charge is 0.466 e. The van der Waals surface area contributed by atoms with E-state index in [1.807, 2.05) is 50.2 Å². The maximum atomic E-state index is 12.0. The topological polar surface area (TPSA) is 67.8 Å². The number of rotatable bonds is 13. The Bertz CT molecular complexity index is 1410. The number of β-amino-alcohol motifs (C(OH)–C–C–N with tert-alkyl or cyclic N) is 1. The van der Waals surface area contributed by atoms with Crippen LogP contribution in [-0.4, -0.2) is 42.5 Å². The molecule has 0 heterocycles. The lowest BCUT2D eigenvalue weighted by molar-refractivity contribution is -0.142. The van der Waals surface area contributed by atoms with E-state index < -0.39 is 6.10 Å². The molecule has 0 fully saturated rings. The molecule has 40 heavy (non-hydrogen) atoms. The minimum Gasteiger partial charge on any atom is -0.466 e. The first-order valence-electron chi connectivity index (χ1n) is 14.1. The highest BCUT2D eigenvalue weighted by Crippen LogP contribution is 2.31. The van der Waals surface area contributed by atoms with Gasteiger partial charge >= 0.3 is 5.97 Å². The fourth-order valence-corrected chi connectivity index (χ4v) is 5.06. The third kappa shape index (κ3) is 8.25. The molecule has 5 heteroatoms. The first-order valence-corrected chi connectivity index (χ1v) is 14.1. The third-order valence-electron chi connectivity index (χ3n) is 7.11. The molecular weight excluding hydrogens is 498 g/mol. The van der Waals surface area contributed by atoms with Crippen molar-refractivity contribution in [3.8, 4) is 11.1 Å². The predicted octanol–water partition coefficient (Wildman–Crippen LogP) is 6.66. The standard InChI is InChI=1S/C35H41NO4/c1-5-39-34(38)21-26-11-10-14-30(19-26)33-16-9-8-15-32(33)25(2)40-24-31(37)23-36-35(3,4)22-27-17-18-28-12-6-7-13-29(28)20-27/h6-20,25,31,36-37H,5,21-24H2,1-4H3/t25-,31-/m1/s1. The molecule has 0 aliphatic carbocycles. The summed E-state index contributed by atoms with van der Waals surface area (Å²) in [6, 6.07) is 31.0. The van der Waals surface area contributed by atoms with Gasteiger partial charge in [0.15, 0.2) is 0 Å². The molecule has 0 aliphatic rings. The lowest BCUT2D eigenvalue weighted by Crippen LogP contribution is -2.46. The van der Waals surface area contributed by atoms with Crippen molar-refractivity contribution in [2.75, 3.05) is 19.8 Å². The zero-order chi connectivity index (χ0) is 28.5. The van der Waals surface area contributed by atoms with Crippen molar-refractivity contribution in [3.05, 3.63) is 108 Å². The first-order chi connectivity index (χ1) is 19.2. The van der Waals surface area contributed by atoms with Crippen molar-refractivity contribution < 1.29 is 19.4 Å². The van der Waals surface area contributed by atoms with Crippen LogP contribution in [0.1, 0.15) is 50.5 Å². The third-order valence-corrected chi connectivity index (χ3v) is 7.11. The molecule has 210 valence electrons. The summed E-state index contributed by atoms with van der Waals surface area (Å²) in [6.45, 7) is 9.16. The Morgan fingerprint density at radius 2 is 1.65 bits per heavy atom. The summed E-state index contributed by atoms with van der Waals surface area (Å²) in [5, 5.41) is 16.7. The summed E-state index contributed by atoms with van der Waals surface area (Å²) in [7, 11) is 0. The average Bonchev–Trinajstić information content (AvgIpc) is 2.95. The highest BCUT2D eigenvalue weighted by molar-refractivity contribution is 5.83. The van der Waals surface area contributed by atoms with E-state index in [0.29, 0.717) is 13.2 Å². The summed E-state index contributed by atoms with van der Waals surface area (Å²) in [4.78, 5) is 12.0. The molecular formula is C35H41NO4. The summed E-state index contributed by atoms with van der Waals surface area (Å²) in [5.41, 5.74) is 5.09. The molecule has 4 rings (SSSR count). The lowest BCUT2D eigenvalue weighted by Gasteiger charge is -2.28. The van der Waals surface area contributed by atoms with Crippen molar-refractivity contribution in [2.45, 2.75) is 58.3 Å². The van der Waals surface area contributed by atoms with Crippen LogP contribution in [0.4, 0.5) is 0 Å². The fourth-order valence-electron chi connectivity index (χ4n) is 5.06. The van der Waals surface area contributed by atoms with E-state index in [9.17, 15) is 9.90 Å². The van der Waals surface area contributed by atoms with E-state index >= 15 is 0 Å². The van der Waals surface area contributed by atoms with Crippen molar-refractivity contribution >= 4 is 16.7 Å². The van der Waals surface area contributed by atoms with E-state index in [1.54, 1.807) is 0 Å². The molecule has 4 aromatic carbocycles. The van der Waals surface area contributed by atoms with Crippen LogP contribution in [0, 0.1) is 0 Å². The van der Waals surface area contributed by atoms with Gasteiger partial charge in [-0.05, 0) is 72.7 Å². The molecule has 2 atom stereocenters. The SMILES string of the molecule is CCOC(=O)Cc1cccc(-c2ccccc2[C@@H](C)OC[C@H](O)CNC(C)(C)Cc2ccc3ccccc3c2)c1. The Hall–Kier alpha value is -3.51. The Balaban J connectivity index is 1.32. The van der Waals surface area contributed by atoms with Crippen molar-refractivity contribution in [1.29, 1.82) is 0 Å². The molecule has 0 spiro atoms. The molecule has 0 saturated carbocycles. The number of benzene rings is 4. The zero-order valence-electron chi connectivity index (χ0n) is 24.0. The van der Waals surface area contributed by atoms with Gasteiger partial charge in [0.05, 0.1) is 31.8 Å². The van der Waals surface area contributed by atoms with Crippen LogP contribution in [0.2, 0.25) is 0 Å². The van der Waals surface area contributed by atoms with Gasteiger partial charge in [-0.15, -0.1) is 0 Å². The highest BCUT2D eigenvalue weighted by atomic mass is 16.5. The van der Waals surface area contributed by atoms with Crippen LogP contribution >= 0.6 is 0 Å². The van der Waals surface area contributed by atoms with Crippen LogP contribution < -0.4 is 5.32 Å². The van der Waals surface area contributed by atoms with Crippen LogP contribution in [0.5, 0.6) is 0 Å². The average molecular weight is 540 g/mol. The number of aliphatic hydroxyl groups is 1. The number of hydrogen-bond acceptors (Lipinski definition) is 5. The quantitative estimate of drug-likeness (QED) is 0.186. The number of fused-ring (bicyclic) bond motifs is 1. The molecule has 0 radical (unpaired) electrons. The Kier molecular flexibility index (Phi) is 10.1. The molecule has 0 saturated heterocycles. The Labute approximate surface area is 238 Å². The predicted molar refractivity (Wildman–Crippen MR) is 162 cm³/mol. The number of ether oxygens (including phenoxy) is 2. The second-order valence-electron chi connectivity index (χ2n) is 11.0. The zero-order valence-corrected chi connectivity index (χ0v) is 24.0. The summed E-state index contributed by atoms with van der Waals surface area (Å²) < 4.78 is 11.3. The summed E-state index contributed by atoms with van der Waals surface area (Å²) in [6.07, 6.45) is 0.236. The lowest BCUT2D eigenvalue weighted by atomic mass is 9.93. The van der Waals surface area contributed by atoms with Gasteiger partial charge in [-0.3, -0.25) is 4.79 Å². The minimum absolute atomic E-state index is 0.184. The summed E-state index contributed by atoms with van der Waals surface area (Å²) in [5.74, 6) is -0.229. The monoisotopic (exact) mass is 539 g/mol. The van der Waals surface area contributed by atoms with E-state index in [1.165, 1.54) is 16.3 Å². The Morgan fingerprint density at radius 1 is 0.900 bits per heavy atom. The number of aliphatic hydroxyl groups excluding tert-OH is 1. The van der Waals surface area contributed by atoms with Gasteiger partial charge in [0.2, 0.25) is 0 Å². The second kappa shape index (κ2) is 13.7. The molecule has 0 bridgehead atoms. The smallest absolute Gasteiger partial charge is 0.310 e. The van der Waals surface area contributed by atoms with Gasteiger partial charge < -0.3 is 19.9 Å². The number of nitrogens with one attached hydrogen (secondary N) is 1. The van der Waals surface area contributed by atoms with E-state index in [4.69, 9.17) is 9.47 Å². The molecule has 0 aromatic heterocycles. The molecule has 0 aliphatic heterocycles. The molecule has 5 nitrogen and oxygen atoms in total. The van der Waals surface area contributed by atoms with Crippen LogP contribution in [0.15, 0.2) is 91.0 Å². The van der Waals surface area contributed by atoms with Crippen molar-refractivity contribution in [3.63, 3.8) is 0 Å². The van der Waals surface area contributed by atoms with Crippen LogP contribution in [-0.2, 0) is 27.1 Å². The molecule has 0 unspecified atom stereocenters. The van der Waals surface area contributed by atoms with Gasteiger partial charge in [0.25, 0.3) is 0 Å². The number of carbonyl (C=O) groups is 1. The molecule has 4 aromatic rings. The maximum Gasteiger partial charge on any atom is 0.310 e. The van der Waals surface area contributed by atoms with Crippen LogP contribution in [0.3, 0.4) is 0 Å². The van der Waals surface area contributed by atoms with E-state index in [-0.39, 0.29) is 30.6 Å². The van der Waals surface area contributed by atoms with Gasteiger partial charge in [-0.2, -0.15) is 0 Å². The normalized spacial score (nSPS) is 13.2. The van der Waals surface area contributed by atoms with Gasteiger partial charge in [0.1, 0.15) is 0 Å². The van der Waals surface area contributed by atoms with Gasteiger partial charge in [-0.1, -0.05) is 91.0 Å². The maximum absolute atomic E-state index is 12.0. The highest BCUT2D eigenvalue weighted by Gasteiger charge is 2.21. The number of hydrogen-bond donors (Lipinski definition) is 2. The molecule has 2 N–H and O–H groups in total. The number of carbonyl (C=O) groups excluding carboxylic acids is 1. The molecule has 0 amide bonds. The van der Waals surface area contributed by atoms with Gasteiger partial charge in [-0.25, -0.2) is 0 Å².